The van der Waals surface area contributed by atoms with Gasteiger partial charge in [-0.2, -0.15) is 4.98 Å². The zero-order valence-corrected chi connectivity index (χ0v) is 13.8. The maximum atomic E-state index is 12.6. The van der Waals surface area contributed by atoms with Crippen molar-refractivity contribution in [3.63, 3.8) is 0 Å². The molecular weight excluding hydrogens is 306 g/mol. The average molecular weight is 327 g/mol. The number of ether oxygens (including phenoxy) is 1. The van der Waals surface area contributed by atoms with Gasteiger partial charge in [-0.1, -0.05) is 23.7 Å². The van der Waals surface area contributed by atoms with Gasteiger partial charge in [0.1, 0.15) is 11.8 Å². The van der Waals surface area contributed by atoms with E-state index < -0.39 is 0 Å². The van der Waals surface area contributed by atoms with Gasteiger partial charge in [-0.05, 0) is 37.8 Å². The number of hydrogen-bond donors (Lipinski definition) is 0. The smallest absolute Gasteiger partial charge is 0.249 e. The highest BCUT2D eigenvalue weighted by Crippen LogP contribution is 2.37. The van der Waals surface area contributed by atoms with Crippen molar-refractivity contribution >= 4 is 5.91 Å². The van der Waals surface area contributed by atoms with Gasteiger partial charge in [-0.25, -0.2) is 0 Å². The molecule has 126 valence electrons. The molecule has 0 spiro atoms. The highest BCUT2D eigenvalue weighted by molar-refractivity contribution is 5.80. The molecule has 0 bridgehead atoms. The number of carbonyl (C=O) groups excluding carboxylic acids is 1. The molecule has 2 aromatic rings. The highest BCUT2D eigenvalue weighted by atomic mass is 16.5. The summed E-state index contributed by atoms with van der Waals surface area (Å²) in [4.78, 5) is 19.1. The first-order valence-corrected chi connectivity index (χ1v) is 8.55. The van der Waals surface area contributed by atoms with Crippen molar-refractivity contribution in [2.24, 2.45) is 5.92 Å². The summed E-state index contributed by atoms with van der Waals surface area (Å²) in [6.07, 6.45) is 5.07. The van der Waals surface area contributed by atoms with E-state index in [1.807, 2.05) is 29.2 Å². The fraction of sp³-hybridized carbons (Fsp3) is 0.500. The molecule has 1 aromatic carbocycles. The zero-order valence-electron chi connectivity index (χ0n) is 13.8. The third kappa shape index (κ3) is 2.66. The third-order valence-corrected chi connectivity index (χ3v) is 5.05. The molecule has 1 saturated heterocycles. The Hall–Kier alpha value is -2.37. The molecule has 2 fully saturated rings. The number of hydrogen-bond acceptors (Lipinski definition) is 5. The van der Waals surface area contributed by atoms with E-state index in [-0.39, 0.29) is 17.9 Å². The van der Waals surface area contributed by atoms with Gasteiger partial charge in [-0.3, -0.25) is 4.79 Å². The van der Waals surface area contributed by atoms with E-state index in [9.17, 15) is 4.79 Å². The molecule has 2 aliphatic rings. The van der Waals surface area contributed by atoms with Crippen LogP contribution < -0.4 is 4.74 Å². The predicted octanol–water partition coefficient (Wildman–Crippen LogP) is 3.21. The molecule has 1 aromatic heterocycles. The van der Waals surface area contributed by atoms with E-state index in [4.69, 9.17) is 9.26 Å². The van der Waals surface area contributed by atoms with Crippen molar-refractivity contribution in [2.75, 3.05) is 13.7 Å². The largest absolute Gasteiger partial charge is 0.497 e. The molecule has 6 heteroatoms. The molecule has 1 aliphatic heterocycles. The molecular formula is C18H21N3O3. The van der Waals surface area contributed by atoms with Gasteiger partial charge in [0.2, 0.25) is 17.6 Å². The van der Waals surface area contributed by atoms with Crippen LogP contribution in [-0.4, -0.2) is 34.6 Å². The summed E-state index contributed by atoms with van der Waals surface area (Å²) in [6.45, 7) is 0.789. The monoisotopic (exact) mass is 327 g/mol. The van der Waals surface area contributed by atoms with Crippen molar-refractivity contribution in [1.82, 2.24) is 15.0 Å². The van der Waals surface area contributed by atoms with Crippen molar-refractivity contribution in [1.29, 1.82) is 0 Å². The lowest BCUT2D eigenvalue weighted by Crippen LogP contribution is -2.38. The minimum atomic E-state index is -0.0787. The summed E-state index contributed by atoms with van der Waals surface area (Å²) < 4.78 is 10.7. The number of likely N-dealkylation sites (tertiary alicyclic amines) is 1. The van der Waals surface area contributed by atoms with Crippen molar-refractivity contribution < 1.29 is 14.1 Å². The first kappa shape index (κ1) is 15.2. The second-order valence-corrected chi connectivity index (χ2v) is 6.51. The quantitative estimate of drug-likeness (QED) is 0.862. The van der Waals surface area contributed by atoms with Crippen LogP contribution in [0, 0.1) is 5.92 Å². The fourth-order valence-corrected chi connectivity index (χ4v) is 3.43. The molecule has 6 nitrogen and oxygen atoms in total. The van der Waals surface area contributed by atoms with Crippen molar-refractivity contribution in [3.8, 4) is 17.1 Å². The lowest BCUT2D eigenvalue weighted by molar-refractivity contribution is -0.139. The van der Waals surface area contributed by atoms with E-state index in [1.54, 1.807) is 7.11 Å². The predicted molar refractivity (Wildman–Crippen MR) is 87.3 cm³/mol. The van der Waals surface area contributed by atoms with Crippen LogP contribution >= 0.6 is 0 Å². The SMILES string of the molecule is COc1cccc(-c2noc(C3CCCN3C(=O)C3CCC3)n2)c1. The number of carbonyl (C=O) groups is 1. The third-order valence-electron chi connectivity index (χ3n) is 5.05. The van der Waals surface area contributed by atoms with E-state index in [1.165, 1.54) is 0 Å². The van der Waals surface area contributed by atoms with Crippen LogP contribution in [0.2, 0.25) is 0 Å². The summed E-state index contributed by atoms with van der Waals surface area (Å²) in [5.74, 6) is 2.28. The molecule has 1 aliphatic carbocycles. The van der Waals surface area contributed by atoms with Gasteiger partial charge in [0.25, 0.3) is 0 Å². The highest BCUT2D eigenvalue weighted by Gasteiger charge is 2.38. The standard InChI is InChI=1S/C18H21N3O3/c1-23-14-8-3-7-13(11-14)16-19-17(24-20-16)15-9-4-10-21(15)18(22)12-5-2-6-12/h3,7-8,11-12,15H,2,4-6,9-10H2,1H3. The number of benzene rings is 1. The number of rotatable bonds is 4. The first-order valence-electron chi connectivity index (χ1n) is 8.55. The second-order valence-electron chi connectivity index (χ2n) is 6.51. The van der Waals surface area contributed by atoms with E-state index >= 15 is 0 Å². The number of nitrogens with zero attached hydrogens (tertiary/aromatic N) is 3. The number of methoxy groups -OCH3 is 1. The fourth-order valence-electron chi connectivity index (χ4n) is 3.43. The maximum absolute atomic E-state index is 12.6. The topological polar surface area (TPSA) is 68.5 Å². The van der Waals surface area contributed by atoms with Gasteiger partial charge in [0, 0.05) is 18.0 Å². The Morgan fingerprint density at radius 2 is 2.17 bits per heavy atom. The van der Waals surface area contributed by atoms with Crippen molar-refractivity contribution in [2.45, 2.75) is 38.1 Å². The molecule has 0 N–H and O–H groups in total. The Labute approximate surface area is 140 Å². The van der Waals surface area contributed by atoms with Gasteiger partial charge in [0.05, 0.1) is 7.11 Å². The zero-order chi connectivity index (χ0) is 16.5. The minimum Gasteiger partial charge on any atom is -0.497 e. The normalized spacial score (nSPS) is 20.9. The molecule has 0 radical (unpaired) electrons. The Morgan fingerprint density at radius 3 is 2.92 bits per heavy atom. The van der Waals surface area contributed by atoms with E-state index in [2.05, 4.69) is 10.1 Å². The number of aromatic nitrogens is 2. The van der Waals surface area contributed by atoms with Crippen LogP contribution in [0.25, 0.3) is 11.4 Å². The molecule has 1 amide bonds. The first-order chi connectivity index (χ1) is 11.8. The minimum absolute atomic E-state index is 0.0787. The summed E-state index contributed by atoms with van der Waals surface area (Å²) in [5.41, 5.74) is 0.846. The Bertz CT molecular complexity index is 739. The van der Waals surface area contributed by atoms with Crippen molar-refractivity contribution in [3.05, 3.63) is 30.2 Å². The van der Waals surface area contributed by atoms with E-state index in [0.29, 0.717) is 11.7 Å². The lowest BCUT2D eigenvalue weighted by atomic mass is 9.84. The summed E-state index contributed by atoms with van der Waals surface area (Å²) in [6, 6.07) is 7.49. The second kappa shape index (κ2) is 6.26. The molecule has 2 heterocycles. The molecule has 4 rings (SSSR count). The Kier molecular flexibility index (Phi) is 3.96. The van der Waals surface area contributed by atoms with Gasteiger partial charge < -0.3 is 14.2 Å². The molecule has 24 heavy (non-hydrogen) atoms. The average Bonchev–Trinajstić information content (AvgIpc) is 3.22. The Morgan fingerprint density at radius 1 is 1.29 bits per heavy atom. The summed E-state index contributed by atoms with van der Waals surface area (Å²) in [7, 11) is 1.63. The van der Waals surface area contributed by atoms with Crippen LogP contribution in [0.4, 0.5) is 0 Å². The van der Waals surface area contributed by atoms with Gasteiger partial charge in [0.15, 0.2) is 0 Å². The van der Waals surface area contributed by atoms with Gasteiger partial charge >= 0.3 is 0 Å². The molecule has 1 saturated carbocycles. The lowest BCUT2D eigenvalue weighted by Gasteiger charge is -2.31. The van der Waals surface area contributed by atoms with Crippen LogP contribution in [0.5, 0.6) is 5.75 Å². The number of amides is 1. The molecule has 1 unspecified atom stereocenters. The summed E-state index contributed by atoms with van der Waals surface area (Å²) >= 11 is 0. The van der Waals surface area contributed by atoms with Crippen LogP contribution in [-0.2, 0) is 4.79 Å². The summed E-state index contributed by atoms with van der Waals surface area (Å²) in [5, 5.41) is 4.10. The maximum Gasteiger partial charge on any atom is 0.249 e. The molecule has 1 atom stereocenters. The van der Waals surface area contributed by atoms with Gasteiger partial charge in [-0.15, -0.1) is 0 Å². The van der Waals surface area contributed by atoms with Crippen LogP contribution in [0.15, 0.2) is 28.8 Å². The van der Waals surface area contributed by atoms with E-state index in [0.717, 1.165) is 50.0 Å². The Balaban J connectivity index is 1.56. The van der Waals surface area contributed by atoms with Crippen LogP contribution in [0.3, 0.4) is 0 Å². The van der Waals surface area contributed by atoms with Crippen LogP contribution in [0.1, 0.15) is 44.0 Å².